The van der Waals surface area contributed by atoms with Crippen LogP contribution in [-0.2, 0) is 17.1 Å². The van der Waals surface area contributed by atoms with Gasteiger partial charge in [0.15, 0.2) is 0 Å². The number of piperazine rings is 1. The predicted octanol–water partition coefficient (Wildman–Crippen LogP) is 4.61. The number of alkyl halides is 6. The Balaban J connectivity index is 2.32. The standard InChI is InChI=1S/C17H20F6N2O2/c1-15(2,3)27-14(26)25-5-4-24-13(9-25)10-6-11(16(18,19)20)8-12(7-10)17(21,22)23/h6-8,13,24H,4-5,9H2,1-3H3/t13-/m0/s1. The zero-order valence-electron chi connectivity index (χ0n) is 15.0. The van der Waals surface area contributed by atoms with Gasteiger partial charge in [-0.25, -0.2) is 4.79 Å². The Morgan fingerprint density at radius 2 is 1.56 bits per heavy atom. The third-order valence-electron chi connectivity index (χ3n) is 3.84. The summed E-state index contributed by atoms with van der Waals surface area (Å²) in [5, 5.41) is 2.86. The molecule has 0 radical (unpaired) electrons. The van der Waals surface area contributed by atoms with Crippen molar-refractivity contribution in [1.29, 1.82) is 0 Å². The normalized spacial score (nSPS) is 19.1. The van der Waals surface area contributed by atoms with E-state index in [1.165, 1.54) is 4.90 Å². The van der Waals surface area contributed by atoms with Gasteiger partial charge in [0.05, 0.1) is 17.2 Å². The minimum Gasteiger partial charge on any atom is -0.444 e. The van der Waals surface area contributed by atoms with Crippen LogP contribution in [0.1, 0.15) is 43.5 Å². The maximum Gasteiger partial charge on any atom is 0.416 e. The first-order valence-electron chi connectivity index (χ1n) is 8.17. The summed E-state index contributed by atoms with van der Waals surface area (Å²) in [5.74, 6) is 0. The van der Waals surface area contributed by atoms with Crippen LogP contribution in [0.2, 0.25) is 0 Å². The van der Waals surface area contributed by atoms with Gasteiger partial charge in [-0.2, -0.15) is 26.3 Å². The Hall–Kier alpha value is -1.97. The molecule has 1 atom stereocenters. The molecule has 0 unspecified atom stereocenters. The lowest BCUT2D eigenvalue weighted by molar-refractivity contribution is -0.143. The Labute approximate surface area is 152 Å². The second-order valence-electron chi connectivity index (χ2n) is 7.27. The van der Waals surface area contributed by atoms with E-state index in [0.717, 1.165) is 0 Å². The van der Waals surface area contributed by atoms with Gasteiger partial charge in [0.2, 0.25) is 0 Å². The van der Waals surface area contributed by atoms with Crippen molar-refractivity contribution in [3.05, 3.63) is 34.9 Å². The highest BCUT2D eigenvalue weighted by Crippen LogP contribution is 2.37. The highest BCUT2D eigenvalue weighted by Gasteiger charge is 2.38. The lowest BCUT2D eigenvalue weighted by Gasteiger charge is -2.35. The molecule has 0 aliphatic carbocycles. The molecular weight excluding hydrogens is 378 g/mol. The first-order valence-corrected chi connectivity index (χ1v) is 8.17. The van der Waals surface area contributed by atoms with E-state index in [1.54, 1.807) is 20.8 Å². The second-order valence-corrected chi connectivity index (χ2v) is 7.27. The second kappa shape index (κ2) is 7.21. The largest absolute Gasteiger partial charge is 0.444 e. The number of rotatable bonds is 1. The molecule has 1 aliphatic heterocycles. The Morgan fingerprint density at radius 1 is 1.04 bits per heavy atom. The minimum absolute atomic E-state index is 0.0813. The van der Waals surface area contributed by atoms with Crippen LogP contribution in [0.3, 0.4) is 0 Å². The van der Waals surface area contributed by atoms with Gasteiger partial charge in [-0.15, -0.1) is 0 Å². The zero-order valence-corrected chi connectivity index (χ0v) is 15.0. The van der Waals surface area contributed by atoms with E-state index >= 15 is 0 Å². The quantitative estimate of drug-likeness (QED) is 0.703. The summed E-state index contributed by atoms with van der Waals surface area (Å²) >= 11 is 0. The van der Waals surface area contributed by atoms with Gasteiger partial charge in [-0.05, 0) is 44.5 Å². The molecule has 1 N–H and O–H groups in total. The molecule has 1 aliphatic rings. The van der Waals surface area contributed by atoms with Crippen molar-refractivity contribution in [2.24, 2.45) is 0 Å². The molecule has 1 amide bonds. The van der Waals surface area contributed by atoms with Crippen LogP contribution >= 0.6 is 0 Å². The number of carbonyl (C=O) groups excluding carboxylic acids is 1. The number of carbonyl (C=O) groups is 1. The number of nitrogens with zero attached hydrogens (tertiary/aromatic N) is 1. The zero-order chi connectivity index (χ0) is 20.6. The van der Waals surface area contributed by atoms with Gasteiger partial charge in [0.1, 0.15) is 5.60 Å². The van der Waals surface area contributed by atoms with Gasteiger partial charge in [-0.1, -0.05) is 0 Å². The average molecular weight is 398 g/mol. The van der Waals surface area contributed by atoms with E-state index in [4.69, 9.17) is 4.74 Å². The Kier molecular flexibility index (Phi) is 5.70. The molecule has 1 saturated heterocycles. The van der Waals surface area contributed by atoms with Crippen LogP contribution in [0.5, 0.6) is 0 Å². The highest BCUT2D eigenvalue weighted by atomic mass is 19.4. The smallest absolute Gasteiger partial charge is 0.416 e. The van der Waals surface area contributed by atoms with Gasteiger partial charge in [-0.3, -0.25) is 0 Å². The molecule has 4 nitrogen and oxygen atoms in total. The topological polar surface area (TPSA) is 41.6 Å². The van der Waals surface area contributed by atoms with Crippen LogP contribution in [0, 0.1) is 0 Å². The fraction of sp³-hybridized carbons (Fsp3) is 0.588. The SMILES string of the molecule is CC(C)(C)OC(=O)N1CCN[C@H](c2cc(C(F)(F)F)cc(C(F)(F)F)c2)C1. The van der Waals surface area contributed by atoms with Crippen molar-refractivity contribution in [2.45, 2.75) is 44.8 Å². The molecule has 1 aromatic carbocycles. The van der Waals surface area contributed by atoms with Crippen molar-refractivity contribution < 1.29 is 35.9 Å². The number of hydrogen-bond acceptors (Lipinski definition) is 3. The van der Waals surface area contributed by atoms with Crippen LogP contribution < -0.4 is 5.32 Å². The lowest BCUT2D eigenvalue weighted by atomic mass is 9.98. The number of amides is 1. The summed E-state index contributed by atoms with van der Waals surface area (Å²) in [6.07, 6.45) is -10.5. The Morgan fingerprint density at radius 3 is 2.00 bits per heavy atom. The van der Waals surface area contributed by atoms with E-state index in [0.29, 0.717) is 12.1 Å². The van der Waals surface area contributed by atoms with Crippen molar-refractivity contribution in [3.8, 4) is 0 Å². The minimum atomic E-state index is -4.92. The van der Waals surface area contributed by atoms with E-state index in [1.807, 2.05) is 0 Å². The van der Waals surface area contributed by atoms with Crippen molar-refractivity contribution in [3.63, 3.8) is 0 Å². The molecule has 27 heavy (non-hydrogen) atoms. The molecule has 0 spiro atoms. The van der Waals surface area contributed by atoms with E-state index < -0.39 is 41.2 Å². The fourth-order valence-electron chi connectivity index (χ4n) is 2.65. The van der Waals surface area contributed by atoms with E-state index in [9.17, 15) is 31.1 Å². The van der Waals surface area contributed by atoms with Crippen LogP contribution in [-0.4, -0.2) is 36.2 Å². The summed E-state index contributed by atoms with van der Waals surface area (Å²) in [6.45, 7) is 5.32. The van der Waals surface area contributed by atoms with Crippen molar-refractivity contribution >= 4 is 6.09 Å². The summed E-state index contributed by atoms with van der Waals surface area (Å²) < 4.78 is 83.3. The number of benzene rings is 1. The predicted molar refractivity (Wildman–Crippen MR) is 85.0 cm³/mol. The summed E-state index contributed by atoms with van der Waals surface area (Å²) in [7, 11) is 0. The number of hydrogen-bond donors (Lipinski definition) is 1. The molecule has 2 rings (SSSR count). The summed E-state index contributed by atoms with van der Waals surface area (Å²) in [5.41, 5.74) is -3.73. The summed E-state index contributed by atoms with van der Waals surface area (Å²) in [6, 6.07) is 0.546. The fourth-order valence-corrected chi connectivity index (χ4v) is 2.65. The molecule has 1 aromatic rings. The molecule has 1 fully saturated rings. The van der Waals surface area contributed by atoms with Crippen molar-refractivity contribution in [1.82, 2.24) is 10.2 Å². The van der Waals surface area contributed by atoms with Crippen LogP contribution in [0.4, 0.5) is 31.1 Å². The van der Waals surface area contributed by atoms with Gasteiger partial charge in [0, 0.05) is 19.6 Å². The van der Waals surface area contributed by atoms with Crippen LogP contribution in [0.15, 0.2) is 18.2 Å². The highest BCUT2D eigenvalue weighted by molar-refractivity contribution is 5.68. The molecule has 1 heterocycles. The van der Waals surface area contributed by atoms with Gasteiger partial charge in [0.25, 0.3) is 0 Å². The third kappa shape index (κ3) is 5.75. The molecule has 152 valence electrons. The number of ether oxygens (including phenoxy) is 1. The van der Waals surface area contributed by atoms with E-state index in [2.05, 4.69) is 5.32 Å². The number of nitrogens with one attached hydrogen (secondary N) is 1. The monoisotopic (exact) mass is 398 g/mol. The molecule has 0 saturated carbocycles. The average Bonchev–Trinajstić information content (AvgIpc) is 2.51. The molecule has 0 bridgehead atoms. The maximum absolute atomic E-state index is 13.0. The molecular formula is C17H20F6N2O2. The van der Waals surface area contributed by atoms with Crippen molar-refractivity contribution in [2.75, 3.05) is 19.6 Å². The molecule has 0 aromatic heterocycles. The van der Waals surface area contributed by atoms with Crippen LogP contribution in [0.25, 0.3) is 0 Å². The first-order chi connectivity index (χ1) is 12.2. The number of halogens is 6. The third-order valence-corrected chi connectivity index (χ3v) is 3.84. The Bertz CT molecular complexity index is 662. The summed E-state index contributed by atoms with van der Waals surface area (Å²) in [4.78, 5) is 13.4. The van der Waals surface area contributed by atoms with Gasteiger partial charge >= 0.3 is 18.4 Å². The lowest BCUT2D eigenvalue weighted by Crippen LogP contribution is -2.49. The van der Waals surface area contributed by atoms with E-state index in [-0.39, 0.29) is 31.3 Å². The van der Waals surface area contributed by atoms with Gasteiger partial charge < -0.3 is 15.0 Å². The first kappa shape index (κ1) is 21.3. The molecule has 10 heteroatoms. The maximum atomic E-state index is 13.0.